The van der Waals surface area contributed by atoms with E-state index in [-0.39, 0.29) is 17.9 Å². The van der Waals surface area contributed by atoms with Gasteiger partial charge in [0, 0.05) is 18.0 Å². The number of carbonyl (C=O) groups excluding carboxylic acids is 1. The fourth-order valence-corrected chi connectivity index (χ4v) is 3.14. The lowest BCUT2D eigenvalue weighted by Gasteiger charge is -2.33. The van der Waals surface area contributed by atoms with Crippen molar-refractivity contribution in [2.24, 2.45) is 0 Å². The number of ether oxygens (including phenoxy) is 1. The molecule has 1 aromatic heterocycles. The second-order valence-corrected chi connectivity index (χ2v) is 7.83. The molecule has 1 aliphatic heterocycles. The average molecular weight is 396 g/mol. The lowest BCUT2D eigenvalue weighted by atomic mass is 9.97. The van der Waals surface area contributed by atoms with Crippen molar-refractivity contribution < 1.29 is 22.7 Å². The number of benzene rings is 1. The van der Waals surface area contributed by atoms with Crippen molar-refractivity contribution in [3.8, 4) is 5.75 Å². The summed E-state index contributed by atoms with van der Waals surface area (Å²) in [6.45, 7) is 5.37. The molecule has 0 radical (unpaired) electrons. The van der Waals surface area contributed by atoms with E-state index in [0.29, 0.717) is 11.3 Å². The minimum atomic E-state index is -4.49. The third-order valence-electron chi connectivity index (χ3n) is 4.43. The fraction of sp³-hybridized carbons (Fsp3) is 0.474. The van der Waals surface area contributed by atoms with Crippen LogP contribution in [0.15, 0.2) is 30.3 Å². The van der Waals surface area contributed by atoms with Crippen LogP contribution >= 0.6 is 0 Å². The van der Waals surface area contributed by atoms with Gasteiger partial charge in [0.05, 0.1) is 13.2 Å². The number of fused-ring (bicyclic) bond motifs is 1. The number of hydrogen-bond acceptors (Lipinski definition) is 4. The molecule has 0 saturated heterocycles. The Labute approximate surface area is 161 Å². The molecule has 1 amide bonds. The van der Waals surface area contributed by atoms with Gasteiger partial charge in [0.25, 0.3) is 5.91 Å². The quantitative estimate of drug-likeness (QED) is 0.820. The second kappa shape index (κ2) is 7.03. The van der Waals surface area contributed by atoms with Crippen LogP contribution in [0.1, 0.15) is 55.3 Å². The summed E-state index contributed by atoms with van der Waals surface area (Å²) >= 11 is 0. The fourth-order valence-electron chi connectivity index (χ4n) is 3.14. The van der Waals surface area contributed by atoms with Gasteiger partial charge in [0.1, 0.15) is 11.6 Å². The van der Waals surface area contributed by atoms with Gasteiger partial charge in [0.2, 0.25) is 0 Å². The van der Waals surface area contributed by atoms with Gasteiger partial charge in [0.15, 0.2) is 11.7 Å². The number of carbonyl (C=O) groups is 1. The van der Waals surface area contributed by atoms with E-state index in [1.807, 2.05) is 0 Å². The maximum Gasteiger partial charge on any atom is 0.410 e. The molecule has 152 valence electrons. The van der Waals surface area contributed by atoms with E-state index in [0.717, 1.165) is 4.68 Å². The van der Waals surface area contributed by atoms with Gasteiger partial charge in [-0.2, -0.15) is 18.3 Å². The maximum atomic E-state index is 13.7. The normalized spacial score (nSPS) is 19.5. The van der Waals surface area contributed by atoms with Crippen LogP contribution in [-0.2, 0) is 0 Å². The number of amides is 1. The number of aromatic nitrogens is 2. The van der Waals surface area contributed by atoms with Crippen LogP contribution in [0.3, 0.4) is 0 Å². The van der Waals surface area contributed by atoms with Crippen LogP contribution in [0.5, 0.6) is 5.75 Å². The zero-order valence-corrected chi connectivity index (χ0v) is 16.1. The standard InChI is InChI=1S/C19H23F3N4O2/c1-18(2,3)24-17(27)14-10-16-23-13(11-5-7-12(28-4)8-6-11)9-15(19(20,21)22)26(16)25-14/h5-8,10,13,15,23H,9H2,1-4H3,(H,24,27)/t13-,15+/m1/s1. The maximum absolute atomic E-state index is 13.7. The molecule has 3 rings (SSSR count). The molecule has 2 heterocycles. The van der Waals surface area contributed by atoms with Crippen LogP contribution in [-0.4, -0.2) is 34.5 Å². The number of rotatable bonds is 3. The Balaban J connectivity index is 1.94. The zero-order valence-electron chi connectivity index (χ0n) is 16.1. The predicted molar refractivity (Wildman–Crippen MR) is 98.5 cm³/mol. The second-order valence-electron chi connectivity index (χ2n) is 7.83. The summed E-state index contributed by atoms with van der Waals surface area (Å²) in [7, 11) is 1.52. The Kier molecular flexibility index (Phi) is 5.03. The largest absolute Gasteiger partial charge is 0.497 e. The van der Waals surface area contributed by atoms with Crippen LogP contribution in [0.2, 0.25) is 0 Å². The number of nitrogens with one attached hydrogen (secondary N) is 2. The molecule has 28 heavy (non-hydrogen) atoms. The SMILES string of the molecule is COc1ccc([C@H]2C[C@@H](C(F)(F)F)n3nc(C(=O)NC(C)(C)C)cc3N2)cc1. The van der Waals surface area contributed by atoms with Crippen molar-refractivity contribution >= 4 is 11.7 Å². The van der Waals surface area contributed by atoms with E-state index in [1.54, 1.807) is 45.0 Å². The number of halogens is 3. The van der Waals surface area contributed by atoms with Crippen molar-refractivity contribution in [1.82, 2.24) is 15.1 Å². The third-order valence-corrected chi connectivity index (χ3v) is 4.43. The molecule has 6 nitrogen and oxygen atoms in total. The molecule has 2 N–H and O–H groups in total. The van der Waals surface area contributed by atoms with E-state index in [1.165, 1.54) is 13.2 Å². The van der Waals surface area contributed by atoms with Crippen molar-refractivity contribution in [1.29, 1.82) is 0 Å². The molecular formula is C19H23F3N4O2. The molecule has 1 aromatic carbocycles. The highest BCUT2D eigenvalue weighted by Crippen LogP contribution is 2.43. The summed E-state index contributed by atoms with van der Waals surface area (Å²) in [4.78, 5) is 12.3. The van der Waals surface area contributed by atoms with Crippen molar-refractivity contribution in [3.63, 3.8) is 0 Å². The lowest BCUT2D eigenvalue weighted by Crippen LogP contribution is -2.41. The number of methoxy groups -OCH3 is 1. The average Bonchev–Trinajstić information content (AvgIpc) is 3.03. The van der Waals surface area contributed by atoms with Crippen LogP contribution < -0.4 is 15.4 Å². The monoisotopic (exact) mass is 396 g/mol. The molecule has 0 unspecified atom stereocenters. The van der Waals surface area contributed by atoms with Crippen molar-refractivity contribution in [3.05, 3.63) is 41.6 Å². The van der Waals surface area contributed by atoms with E-state index in [9.17, 15) is 18.0 Å². The van der Waals surface area contributed by atoms with Gasteiger partial charge in [-0.25, -0.2) is 4.68 Å². The zero-order chi connectivity index (χ0) is 20.7. The highest BCUT2D eigenvalue weighted by molar-refractivity contribution is 5.93. The van der Waals surface area contributed by atoms with Gasteiger partial charge in [-0.1, -0.05) is 12.1 Å². The molecule has 0 aliphatic carbocycles. The molecule has 1 aliphatic rings. The first-order valence-electron chi connectivity index (χ1n) is 8.87. The molecule has 0 fully saturated rings. The van der Waals surface area contributed by atoms with Gasteiger partial charge in [-0.05, 0) is 38.5 Å². The Hall–Kier alpha value is -2.71. The molecule has 9 heteroatoms. The number of hydrogen-bond donors (Lipinski definition) is 2. The summed E-state index contributed by atoms with van der Waals surface area (Å²) < 4.78 is 47.1. The highest BCUT2D eigenvalue weighted by atomic mass is 19.4. The molecule has 2 aromatic rings. The van der Waals surface area contributed by atoms with Crippen molar-refractivity contribution in [2.75, 3.05) is 12.4 Å². The molecule has 0 saturated carbocycles. The Morgan fingerprint density at radius 1 is 1.25 bits per heavy atom. The third kappa shape index (κ3) is 4.23. The smallest absolute Gasteiger partial charge is 0.410 e. The minimum absolute atomic E-state index is 0.0537. The Morgan fingerprint density at radius 3 is 2.43 bits per heavy atom. The number of anilines is 1. The van der Waals surface area contributed by atoms with Gasteiger partial charge in [-0.15, -0.1) is 0 Å². The predicted octanol–water partition coefficient (Wildman–Crippen LogP) is 4.08. The number of nitrogens with zero attached hydrogens (tertiary/aromatic N) is 2. The molecule has 2 atom stereocenters. The lowest BCUT2D eigenvalue weighted by molar-refractivity contribution is -0.173. The van der Waals surface area contributed by atoms with E-state index in [2.05, 4.69) is 15.7 Å². The summed E-state index contributed by atoms with van der Waals surface area (Å²) in [5, 5.41) is 9.73. The summed E-state index contributed by atoms with van der Waals surface area (Å²) in [6, 6.07) is 5.82. The van der Waals surface area contributed by atoms with E-state index in [4.69, 9.17) is 4.74 Å². The van der Waals surface area contributed by atoms with Gasteiger partial charge < -0.3 is 15.4 Å². The molecular weight excluding hydrogens is 373 g/mol. The molecule has 0 spiro atoms. The van der Waals surface area contributed by atoms with Crippen molar-refractivity contribution in [2.45, 2.75) is 51.0 Å². The van der Waals surface area contributed by atoms with E-state index < -0.39 is 29.7 Å². The number of alkyl halides is 3. The van der Waals surface area contributed by atoms with Crippen LogP contribution in [0.4, 0.5) is 19.0 Å². The summed E-state index contributed by atoms with van der Waals surface area (Å²) in [6.07, 6.45) is -4.73. The summed E-state index contributed by atoms with van der Waals surface area (Å²) in [5.41, 5.74) is 0.120. The Morgan fingerprint density at radius 2 is 1.89 bits per heavy atom. The van der Waals surface area contributed by atoms with E-state index >= 15 is 0 Å². The highest BCUT2D eigenvalue weighted by Gasteiger charge is 2.46. The van der Waals surface area contributed by atoms with Gasteiger partial charge >= 0.3 is 6.18 Å². The van der Waals surface area contributed by atoms with Crippen LogP contribution in [0.25, 0.3) is 0 Å². The Bertz CT molecular complexity index is 854. The first-order chi connectivity index (χ1) is 13.0. The van der Waals surface area contributed by atoms with Gasteiger partial charge in [-0.3, -0.25) is 4.79 Å². The molecule has 0 bridgehead atoms. The minimum Gasteiger partial charge on any atom is -0.497 e. The topological polar surface area (TPSA) is 68.2 Å². The first-order valence-corrected chi connectivity index (χ1v) is 8.87. The van der Waals surface area contributed by atoms with Crippen LogP contribution in [0, 0.1) is 0 Å². The first kappa shape index (κ1) is 20.0. The summed E-state index contributed by atoms with van der Waals surface area (Å²) in [5.74, 6) is 0.268.